The van der Waals surface area contributed by atoms with E-state index in [1.807, 2.05) is 41.3 Å². The minimum absolute atomic E-state index is 0.0441. The summed E-state index contributed by atoms with van der Waals surface area (Å²) in [5, 5.41) is 15.6. The topological polar surface area (TPSA) is 78.7 Å². The number of amides is 1. The van der Waals surface area contributed by atoms with Crippen molar-refractivity contribution in [1.82, 2.24) is 4.90 Å². The highest BCUT2D eigenvalue weighted by Crippen LogP contribution is 2.61. The molecule has 5 fully saturated rings. The van der Waals surface area contributed by atoms with E-state index in [0.29, 0.717) is 37.4 Å². The fourth-order valence-corrected chi connectivity index (χ4v) is 8.30. The zero-order chi connectivity index (χ0) is 25.7. The van der Waals surface area contributed by atoms with Crippen molar-refractivity contribution in [3.8, 4) is 0 Å². The van der Waals surface area contributed by atoms with E-state index in [-0.39, 0.29) is 28.0 Å². The summed E-state index contributed by atoms with van der Waals surface area (Å²) in [6, 6.07) is 13.1. The number of nitrogens with one attached hydrogen (secondary N) is 1. The van der Waals surface area contributed by atoms with E-state index in [4.69, 9.17) is 0 Å². The van der Waals surface area contributed by atoms with Crippen molar-refractivity contribution < 1.29 is 9.72 Å². The number of nitro benzene ring substituents is 1. The summed E-state index contributed by atoms with van der Waals surface area (Å²) in [5.41, 5.74) is 2.69. The lowest BCUT2D eigenvalue weighted by atomic mass is 9.48. The first-order valence-electron chi connectivity index (χ1n) is 13.6. The molecule has 4 bridgehead atoms. The van der Waals surface area contributed by atoms with Crippen LogP contribution in [0.2, 0.25) is 0 Å². The van der Waals surface area contributed by atoms with Crippen molar-refractivity contribution in [2.45, 2.75) is 51.5 Å². The molecule has 1 saturated heterocycles. The second kappa shape index (κ2) is 9.61. The van der Waals surface area contributed by atoms with Crippen LogP contribution in [0.3, 0.4) is 0 Å². The zero-order valence-corrected chi connectivity index (χ0v) is 23.0. The molecule has 37 heavy (non-hydrogen) atoms. The number of nitrogens with zero attached hydrogens (tertiary/aromatic N) is 3. The van der Waals surface area contributed by atoms with E-state index in [1.165, 1.54) is 38.5 Å². The van der Waals surface area contributed by atoms with Gasteiger partial charge >= 0.3 is 0 Å². The predicted octanol–water partition coefficient (Wildman–Crippen LogP) is 6.34. The molecule has 1 atom stereocenters. The van der Waals surface area contributed by atoms with Gasteiger partial charge in [-0.25, -0.2) is 0 Å². The SMILES string of the molecule is C[C@H](Nc1cc(N2CCN(C(=O)c3ccc(Br)cc3)CC2)ccc1[N+](=O)[O-])C12CC3CC(CC(C3)C1)C2. The minimum Gasteiger partial charge on any atom is -0.376 e. The third-order valence-corrected chi connectivity index (χ3v) is 10.1. The third kappa shape index (κ3) is 4.73. The van der Waals surface area contributed by atoms with Crippen LogP contribution >= 0.6 is 15.9 Å². The number of nitro groups is 1. The van der Waals surface area contributed by atoms with Gasteiger partial charge in [0, 0.05) is 54.0 Å². The van der Waals surface area contributed by atoms with Crippen molar-refractivity contribution in [2.24, 2.45) is 23.2 Å². The van der Waals surface area contributed by atoms with Gasteiger partial charge < -0.3 is 15.1 Å². The average molecular weight is 568 g/mol. The maximum absolute atomic E-state index is 12.9. The fourth-order valence-electron chi connectivity index (χ4n) is 8.03. The van der Waals surface area contributed by atoms with Crippen LogP contribution in [-0.2, 0) is 0 Å². The molecule has 1 aliphatic heterocycles. The lowest BCUT2D eigenvalue weighted by Crippen LogP contribution is -2.53. The number of anilines is 2. The van der Waals surface area contributed by atoms with E-state index in [1.54, 1.807) is 6.07 Å². The Balaban J connectivity index is 1.16. The second-order valence-corrected chi connectivity index (χ2v) is 12.8. The van der Waals surface area contributed by atoms with E-state index < -0.39 is 0 Å². The van der Waals surface area contributed by atoms with Crippen molar-refractivity contribution in [3.63, 3.8) is 0 Å². The van der Waals surface area contributed by atoms with E-state index in [2.05, 4.69) is 33.1 Å². The molecule has 2 aromatic carbocycles. The summed E-state index contributed by atoms with van der Waals surface area (Å²) in [7, 11) is 0. The maximum atomic E-state index is 12.9. The lowest BCUT2D eigenvalue weighted by molar-refractivity contribution is -0.384. The van der Waals surface area contributed by atoms with Gasteiger partial charge in [0.15, 0.2) is 0 Å². The van der Waals surface area contributed by atoms with Crippen LogP contribution in [0.15, 0.2) is 46.9 Å². The number of carbonyl (C=O) groups excluding carboxylic acids is 1. The molecule has 1 N–H and O–H groups in total. The Bertz CT molecular complexity index is 1160. The van der Waals surface area contributed by atoms with Crippen LogP contribution in [0.25, 0.3) is 0 Å². The number of carbonyl (C=O) groups is 1. The molecule has 0 aromatic heterocycles. The van der Waals surface area contributed by atoms with E-state index in [9.17, 15) is 14.9 Å². The first kappa shape index (κ1) is 24.7. The van der Waals surface area contributed by atoms with Crippen LogP contribution in [0.1, 0.15) is 55.8 Å². The van der Waals surface area contributed by atoms with E-state index in [0.717, 1.165) is 27.9 Å². The standard InChI is InChI=1S/C29H35BrN4O3/c1-19(29-16-20-12-21(17-29)14-22(13-20)18-29)31-26-15-25(6-7-27(26)34(36)37)32-8-10-33(11-9-32)28(35)23-2-4-24(30)5-3-23/h2-7,15,19-22,31H,8-14,16-18H2,1H3/t19-,20?,21?,22?,29?/m0/s1. The highest BCUT2D eigenvalue weighted by atomic mass is 79.9. The lowest BCUT2D eigenvalue weighted by Gasteiger charge is -2.59. The monoisotopic (exact) mass is 566 g/mol. The van der Waals surface area contributed by atoms with Crippen LogP contribution in [0.4, 0.5) is 17.1 Å². The molecule has 2 aromatic rings. The van der Waals surface area contributed by atoms with Gasteiger partial charge in [0.25, 0.3) is 11.6 Å². The third-order valence-electron chi connectivity index (χ3n) is 9.58. The van der Waals surface area contributed by atoms with Crippen molar-refractivity contribution in [1.29, 1.82) is 0 Å². The van der Waals surface area contributed by atoms with Crippen LogP contribution in [-0.4, -0.2) is 48.0 Å². The summed E-state index contributed by atoms with van der Waals surface area (Å²) in [5.74, 6) is 2.57. The van der Waals surface area contributed by atoms with Crippen LogP contribution < -0.4 is 10.2 Å². The minimum atomic E-state index is -0.270. The Labute approximate surface area is 226 Å². The number of benzene rings is 2. The molecule has 7 rings (SSSR count). The quantitative estimate of drug-likeness (QED) is 0.326. The Morgan fingerprint density at radius 3 is 2.16 bits per heavy atom. The molecular weight excluding hydrogens is 532 g/mol. The Morgan fingerprint density at radius 2 is 1.59 bits per heavy atom. The van der Waals surface area contributed by atoms with Gasteiger partial charge in [-0.3, -0.25) is 14.9 Å². The van der Waals surface area contributed by atoms with Gasteiger partial charge in [0.05, 0.1) is 4.92 Å². The van der Waals surface area contributed by atoms with Gasteiger partial charge in [0.1, 0.15) is 5.69 Å². The maximum Gasteiger partial charge on any atom is 0.292 e. The molecular formula is C29H35BrN4O3. The number of piperazine rings is 1. The van der Waals surface area contributed by atoms with Crippen molar-refractivity contribution in [3.05, 3.63) is 62.6 Å². The molecule has 1 heterocycles. The summed E-state index contributed by atoms with van der Waals surface area (Å²) < 4.78 is 0.953. The molecule has 0 spiro atoms. The number of hydrogen-bond donors (Lipinski definition) is 1. The number of hydrogen-bond acceptors (Lipinski definition) is 5. The van der Waals surface area contributed by atoms with Gasteiger partial charge in [-0.05, 0) is 105 Å². The molecule has 4 aliphatic carbocycles. The summed E-state index contributed by atoms with van der Waals surface area (Å²) in [6.45, 7) is 4.89. The smallest absolute Gasteiger partial charge is 0.292 e. The normalized spacial score (nSPS) is 29.3. The highest BCUT2D eigenvalue weighted by Gasteiger charge is 2.53. The largest absolute Gasteiger partial charge is 0.376 e. The average Bonchev–Trinajstić information content (AvgIpc) is 2.88. The first-order valence-corrected chi connectivity index (χ1v) is 14.4. The molecule has 4 saturated carbocycles. The Hall–Kier alpha value is -2.61. The summed E-state index contributed by atoms with van der Waals surface area (Å²) in [4.78, 5) is 28.7. The van der Waals surface area contributed by atoms with Gasteiger partial charge in [-0.15, -0.1) is 0 Å². The molecule has 0 unspecified atom stereocenters. The predicted molar refractivity (Wildman–Crippen MR) is 149 cm³/mol. The second-order valence-electron chi connectivity index (χ2n) is 11.9. The first-order chi connectivity index (χ1) is 17.8. The van der Waals surface area contributed by atoms with Gasteiger partial charge in [-0.2, -0.15) is 0 Å². The molecule has 0 radical (unpaired) electrons. The van der Waals surface area contributed by atoms with Gasteiger partial charge in [0.2, 0.25) is 0 Å². The number of rotatable bonds is 6. The van der Waals surface area contributed by atoms with Crippen LogP contribution in [0.5, 0.6) is 0 Å². The Kier molecular flexibility index (Phi) is 6.42. The number of halogens is 1. The molecule has 7 nitrogen and oxygen atoms in total. The van der Waals surface area contributed by atoms with Crippen LogP contribution in [0, 0.1) is 33.3 Å². The fraction of sp³-hybridized carbons (Fsp3) is 0.552. The molecule has 1 amide bonds. The summed E-state index contributed by atoms with van der Waals surface area (Å²) in [6.07, 6.45) is 7.94. The highest BCUT2D eigenvalue weighted by molar-refractivity contribution is 9.10. The molecule has 8 heteroatoms. The molecule has 5 aliphatic rings. The summed E-state index contributed by atoms with van der Waals surface area (Å²) >= 11 is 3.42. The zero-order valence-electron chi connectivity index (χ0n) is 21.4. The van der Waals surface area contributed by atoms with Crippen molar-refractivity contribution >= 4 is 38.9 Å². The van der Waals surface area contributed by atoms with Crippen molar-refractivity contribution in [2.75, 3.05) is 36.4 Å². The van der Waals surface area contributed by atoms with Gasteiger partial charge in [-0.1, -0.05) is 15.9 Å². The van der Waals surface area contributed by atoms with E-state index >= 15 is 0 Å². The molecule has 196 valence electrons. The Morgan fingerprint density at radius 1 is 1.00 bits per heavy atom.